The Bertz CT molecular complexity index is 48.1. The van der Waals surface area contributed by atoms with Gasteiger partial charge in [0.1, 0.15) is 0 Å². The van der Waals surface area contributed by atoms with Gasteiger partial charge in [0.2, 0.25) is 0 Å². The van der Waals surface area contributed by atoms with Crippen LogP contribution in [0.15, 0.2) is 12.2 Å². The summed E-state index contributed by atoms with van der Waals surface area (Å²) < 4.78 is 0. The lowest BCUT2D eigenvalue weighted by molar-refractivity contribution is 1.22. The van der Waals surface area contributed by atoms with Gasteiger partial charge in [0, 0.05) is 5.75 Å². The van der Waals surface area contributed by atoms with E-state index in [0.29, 0.717) is 0 Å². The van der Waals surface area contributed by atoms with Crippen molar-refractivity contribution >= 4 is 12.6 Å². The first-order valence-corrected chi connectivity index (χ1v) is 3.02. The lowest BCUT2D eigenvalue weighted by Crippen LogP contribution is -1.64. The molecule has 0 saturated carbocycles. The lowest BCUT2D eigenvalue weighted by Gasteiger charge is -1.78. The van der Waals surface area contributed by atoms with Crippen LogP contribution in [0.2, 0.25) is 0 Å². The minimum absolute atomic E-state index is 0.830. The van der Waals surface area contributed by atoms with Crippen LogP contribution in [0.4, 0.5) is 0 Å². The van der Waals surface area contributed by atoms with Gasteiger partial charge < -0.3 is 0 Å². The Balaban J connectivity index is 2.78. The maximum atomic E-state index is 4.69. The van der Waals surface area contributed by atoms with Crippen LogP contribution in [-0.2, 0) is 0 Å². The predicted molar refractivity (Wildman–Crippen MR) is 36.2 cm³/mol. The number of rotatable bonds is 3. The van der Waals surface area contributed by atoms with Crippen molar-refractivity contribution in [3.05, 3.63) is 19.1 Å². The molecule has 0 aliphatic rings. The first kappa shape index (κ1) is 7.09. The van der Waals surface area contributed by atoms with Gasteiger partial charge in [-0.15, -0.1) is 0 Å². The summed E-state index contributed by atoms with van der Waals surface area (Å²) >= 11 is 4.69. The largest absolute Gasteiger partial charge is 0.0938 e. The first-order chi connectivity index (χ1) is 3.41. The quantitative estimate of drug-likeness (QED) is 0.494. The molecule has 0 aliphatic heterocycles. The van der Waals surface area contributed by atoms with Crippen LogP contribution in [-0.4, -0.2) is 5.75 Å². The summed E-state index contributed by atoms with van der Waals surface area (Å²) in [6.45, 7) is 3.64. The summed E-state index contributed by atoms with van der Waals surface area (Å²) in [7, 11) is 0. The summed E-state index contributed by atoms with van der Waals surface area (Å²) in [5, 5.41) is 0. The molecular weight excluding hydrogens is 104 g/mol. The molecule has 1 heteroatoms. The number of allylic oxidation sites excluding steroid dienone is 2. The molecule has 0 saturated heterocycles. The van der Waals surface area contributed by atoms with Gasteiger partial charge in [-0.2, -0.15) is 0 Å². The SMILES string of the molecule is [CH2]CC=CCC[S]. The van der Waals surface area contributed by atoms with E-state index in [2.05, 4.69) is 13.0 Å². The van der Waals surface area contributed by atoms with Crippen molar-refractivity contribution in [2.45, 2.75) is 12.8 Å². The van der Waals surface area contributed by atoms with Crippen molar-refractivity contribution in [3.8, 4) is 0 Å². The summed E-state index contributed by atoms with van der Waals surface area (Å²) in [6, 6.07) is 0. The van der Waals surface area contributed by atoms with E-state index in [-0.39, 0.29) is 0 Å². The van der Waals surface area contributed by atoms with E-state index in [0.717, 1.165) is 18.6 Å². The molecule has 0 aliphatic carbocycles. The smallest absolute Gasteiger partial charge is 0.00715 e. The summed E-state index contributed by atoms with van der Waals surface area (Å²) in [4.78, 5) is 0. The zero-order chi connectivity index (χ0) is 5.54. The van der Waals surface area contributed by atoms with Crippen molar-refractivity contribution in [2.75, 3.05) is 5.75 Å². The third-order valence-corrected chi connectivity index (χ3v) is 0.854. The zero-order valence-corrected chi connectivity index (χ0v) is 5.21. The minimum atomic E-state index is 0.830. The first-order valence-electron chi connectivity index (χ1n) is 2.44. The Kier molecular flexibility index (Phi) is 6.17. The molecular formula is C6H10S. The molecule has 0 aromatic carbocycles. The molecule has 7 heavy (non-hydrogen) atoms. The Morgan fingerprint density at radius 3 is 2.57 bits per heavy atom. The molecule has 0 aromatic heterocycles. The Morgan fingerprint density at radius 1 is 1.43 bits per heavy atom. The fourth-order valence-corrected chi connectivity index (χ4v) is 0.440. The summed E-state index contributed by atoms with van der Waals surface area (Å²) in [5.41, 5.74) is 0. The molecule has 0 heterocycles. The fraction of sp³-hybridized carbons (Fsp3) is 0.500. The van der Waals surface area contributed by atoms with E-state index in [1.807, 2.05) is 6.08 Å². The number of hydrogen-bond donors (Lipinski definition) is 0. The average molecular weight is 114 g/mol. The van der Waals surface area contributed by atoms with Gasteiger partial charge in [-0.25, -0.2) is 0 Å². The van der Waals surface area contributed by atoms with Crippen LogP contribution < -0.4 is 0 Å². The molecule has 40 valence electrons. The maximum Gasteiger partial charge on any atom is 0.00715 e. The van der Waals surface area contributed by atoms with Gasteiger partial charge in [-0.3, -0.25) is 0 Å². The fourth-order valence-electron chi connectivity index (χ4n) is 0.304. The number of hydrogen-bond acceptors (Lipinski definition) is 0. The standard InChI is InChI=1S/C6H10S/c1-2-3-4-5-6-7/h3-4H,1-2,5-6H2. The summed E-state index contributed by atoms with van der Waals surface area (Å²) in [5.74, 6) is 0.830. The van der Waals surface area contributed by atoms with Crippen LogP contribution in [0, 0.1) is 6.92 Å². The van der Waals surface area contributed by atoms with Crippen molar-refractivity contribution in [3.63, 3.8) is 0 Å². The second kappa shape index (κ2) is 6.09. The van der Waals surface area contributed by atoms with Gasteiger partial charge in [0.15, 0.2) is 0 Å². The molecule has 0 spiro atoms. The van der Waals surface area contributed by atoms with Gasteiger partial charge in [-0.1, -0.05) is 24.8 Å². The van der Waals surface area contributed by atoms with E-state index < -0.39 is 0 Å². The van der Waals surface area contributed by atoms with E-state index in [9.17, 15) is 0 Å². The van der Waals surface area contributed by atoms with Gasteiger partial charge in [0.25, 0.3) is 0 Å². The Hall–Kier alpha value is 0.0900. The highest BCUT2D eigenvalue weighted by Crippen LogP contribution is 1.86. The second-order valence-corrected chi connectivity index (χ2v) is 1.66. The molecule has 0 atom stereocenters. The second-order valence-electron chi connectivity index (χ2n) is 1.25. The molecule has 0 unspecified atom stereocenters. The predicted octanol–water partition coefficient (Wildman–Crippen LogP) is 2.35. The van der Waals surface area contributed by atoms with Gasteiger partial charge >= 0.3 is 0 Å². The molecule has 2 radical (unpaired) electrons. The zero-order valence-electron chi connectivity index (χ0n) is 4.39. The Labute approximate surface area is 51.0 Å². The van der Waals surface area contributed by atoms with Crippen LogP contribution in [0.3, 0.4) is 0 Å². The molecule has 0 fully saturated rings. The molecule has 0 N–H and O–H groups in total. The molecule has 0 bridgehead atoms. The topological polar surface area (TPSA) is 0 Å². The normalized spacial score (nSPS) is 10.6. The van der Waals surface area contributed by atoms with Crippen molar-refractivity contribution in [1.29, 1.82) is 0 Å². The van der Waals surface area contributed by atoms with E-state index >= 15 is 0 Å². The van der Waals surface area contributed by atoms with Crippen molar-refractivity contribution in [1.82, 2.24) is 0 Å². The highest BCUT2D eigenvalue weighted by Gasteiger charge is 1.69. The third-order valence-electron chi connectivity index (χ3n) is 0.618. The third kappa shape index (κ3) is 6.09. The monoisotopic (exact) mass is 114 g/mol. The summed E-state index contributed by atoms with van der Waals surface area (Å²) in [6.07, 6.45) is 6.01. The van der Waals surface area contributed by atoms with E-state index in [4.69, 9.17) is 12.6 Å². The van der Waals surface area contributed by atoms with Crippen molar-refractivity contribution in [2.24, 2.45) is 0 Å². The van der Waals surface area contributed by atoms with Crippen LogP contribution in [0.25, 0.3) is 0 Å². The van der Waals surface area contributed by atoms with E-state index in [1.165, 1.54) is 0 Å². The van der Waals surface area contributed by atoms with Crippen LogP contribution in [0.1, 0.15) is 12.8 Å². The van der Waals surface area contributed by atoms with Gasteiger partial charge in [-0.05, 0) is 19.8 Å². The molecule has 0 nitrogen and oxygen atoms in total. The molecule has 0 rings (SSSR count). The minimum Gasteiger partial charge on any atom is -0.0938 e. The lowest BCUT2D eigenvalue weighted by atomic mass is 10.4. The highest BCUT2D eigenvalue weighted by molar-refractivity contribution is 7.80. The van der Waals surface area contributed by atoms with Crippen LogP contribution in [0.5, 0.6) is 0 Å². The van der Waals surface area contributed by atoms with Crippen LogP contribution >= 0.6 is 12.6 Å². The van der Waals surface area contributed by atoms with Gasteiger partial charge in [0.05, 0.1) is 0 Å². The molecule has 0 aromatic rings. The van der Waals surface area contributed by atoms with Crippen molar-refractivity contribution < 1.29 is 0 Å². The maximum absolute atomic E-state index is 4.69. The van der Waals surface area contributed by atoms with E-state index in [1.54, 1.807) is 0 Å². The highest BCUT2D eigenvalue weighted by atomic mass is 32.1. The Morgan fingerprint density at radius 2 is 2.14 bits per heavy atom. The average Bonchev–Trinajstić information content (AvgIpc) is 1.69. The molecule has 0 amide bonds.